The normalized spacial score (nSPS) is 12.7. The molecule has 108 valence electrons. The zero-order valence-electron chi connectivity index (χ0n) is 12.6. The van der Waals surface area contributed by atoms with Crippen LogP contribution in [0.5, 0.6) is 0 Å². The van der Waals surface area contributed by atoms with Gasteiger partial charge in [-0.2, -0.15) is 0 Å². The minimum Gasteiger partial charge on any atom is -0.469 e. The minimum atomic E-state index is -0.179. The molecule has 2 nitrogen and oxygen atoms in total. The van der Waals surface area contributed by atoms with Gasteiger partial charge in [-0.15, -0.1) is 0 Å². The highest BCUT2D eigenvalue weighted by Crippen LogP contribution is 2.29. The van der Waals surface area contributed by atoms with Crippen LogP contribution in [0.3, 0.4) is 0 Å². The van der Waals surface area contributed by atoms with Crippen molar-refractivity contribution in [3.8, 4) is 0 Å². The van der Waals surface area contributed by atoms with Crippen molar-refractivity contribution < 1.29 is 8.81 Å². The van der Waals surface area contributed by atoms with Crippen molar-refractivity contribution in [2.24, 2.45) is 0 Å². The molecule has 2 rings (SSSR count). The van der Waals surface area contributed by atoms with Crippen molar-refractivity contribution in [2.45, 2.75) is 40.2 Å². The van der Waals surface area contributed by atoms with Gasteiger partial charge in [0.25, 0.3) is 0 Å². The molecule has 0 aliphatic rings. The Hall–Kier alpha value is -1.61. The topological polar surface area (TPSA) is 25.2 Å². The van der Waals surface area contributed by atoms with Crippen molar-refractivity contribution in [1.29, 1.82) is 0 Å². The molecule has 0 aliphatic heterocycles. The minimum absolute atomic E-state index is 0.0491. The molecule has 0 aliphatic carbocycles. The fraction of sp³-hybridized carbons (Fsp3) is 0.412. The summed E-state index contributed by atoms with van der Waals surface area (Å²) in [6.07, 6.45) is 2.83. The number of rotatable bonds is 5. The van der Waals surface area contributed by atoms with Crippen molar-refractivity contribution in [3.63, 3.8) is 0 Å². The second kappa shape index (κ2) is 6.23. The Morgan fingerprint density at radius 1 is 1.15 bits per heavy atom. The Morgan fingerprint density at radius 2 is 1.80 bits per heavy atom. The van der Waals surface area contributed by atoms with Crippen LogP contribution in [-0.4, -0.2) is 6.54 Å². The van der Waals surface area contributed by atoms with Crippen LogP contribution in [0.15, 0.2) is 28.9 Å². The number of furan rings is 1. The first-order valence-corrected chi connectivity index (χ1v) is 7.08. The monoisotopic (exact) mass is 275 g/mol. The zero-order valence-corrected chi connectivity index (χ0v) is 12.6. The maximum absolute atomic E-state index is 13.5. The van der Waals surface area contributed by atoms with E-state index < -0.39 is 0 Å². The summed E-state index contributed by atoms with van der Waals surface area (Å²) < 4.78 is 18.9. The van der Waals surface area contributed by atoms with Gasteiger partial charge in [0, 0.05) is 5.56 Å². The number of halogens is 1. The lowest BCUT2D eigenvalue weighted by atomic mass is 9.92. The zero-order chi connectivity index (χ0) is 14.7. The summed E-state index contributed by atoms with van der Waals surface area (Å²) in [5, 5.41) is 3.53. The number of hydrogen-bond donors (Lipinski definition) is 1. The molecule has 0 saturated heterocycles. The summed E-state index contributed by atoms with van der Waals surface area (Å²) >= 11 is 0. The third-order valence-corrected chi connectivity index (χ3v) is 3.53. The van der Waals surface area contributed by atoms with Gasteiger partial charge in [-0.3, -0.25) is 0 Å². The standard InChI is InChI=1S/C17H22FNO/c1-5-6-19-17(14-9-13(4)20-10-14)16-11(2)7-15(18)8-12(16)3/h7-10,17,19H,5-6H2,1-4H3. The molecule has 0 fully saturated rings. The van der Waals surface area contributed by atoms with E-state index in [4.69, 9.17) is 4.42 Å². The molecule has 1 unspecified atom stereocenters. The number of nitrogens with one attached hydrogen (secondary N) is 1. The molecule has 1 aromatic heterocycles. The lowest BCUT2D eigenvalue weighted by molar-refractivity contribution is 0.523. The van der Waals surface area contributed by atoms with Gasteiger partial charge < -0.3 is 9.73 Å². The molecule has 1 heterocycles. The van der Waals surface area contributed by atoms with E-state index in [-0.39, 0.29) is 11.9 Å². The molecular formula is C17H22FNO. The molecular weight excluding hydrogens is 253 g/mol. The molecule has 1 atom stereocenters. The lowest BCUT2D eigenvalue weighted by Gasteiger charge is -2.22. The van der Waals surface area contributed by atoms with E-state index >= 15 is 0 Å². The Balaban J connectivity index is 2.46. The smallest absolute Gasteiger partial charge is 0.123 e. The average molecular weight is 275 g/mol. The van der Waals surface area contributed by atoms with Gasteiger partial charge in [0.05, 0.1) is 12.3 Å². The van der Waals surface area contributed by atoms with Crippen LogP contribution < -0.4 is 5.32 Å². The number of benzene rings is 1. The maximum atomic E-state index is 13.5. The summed E-state index contributed by atoms with van der Waals surface area (Å²) in [5.41, 5.74) is 4.17. The van der Waals surface area contributed by atoms with Crippen molar-refractivity contribution in [2.75, 3.05) is 6.54 Å². The van der Waals surface area contributed by atoms with Gasteiger partial charge >= 0.3 is 0 Å². The van der Waals surface area contributed by atoms with E-state index in [9.17, 15) is 4.39 Å². The molecule has 3 heteroatoms. The summed E-state index contributed by atoms with van der Waals surface area (Å²) in [7, 11) is 0. The quantitative estimate of drug-likeness (QED) is 0.873. The summed E-state index contributed by atoms with van der Waals surface area (Å²) in [4.78, 5) is 0. The van der Waals surface area contributed by atoms with E-state index in [1.54, 1.807) is 18.4 Å². The molecule has 0 spiro atoms. The SMILES string of the molecule is CCCNC(c1coc(C)c1)c1c(C)cc(F)cc1C. The predicted octanol–water partition coefficient (Wildman–Crippen LogP) is 4.43. The predicted molar refractivity (Wildman–Crippen MR) is 79.5 cm³/mol. The molecule has 2 aromatic rings. The van der Waals surface area contributed by atoms with Crippen LogP contribution in [0.1, 0.15) is 47.4 Å². The third-order valence-electron chi connectivity index (χ3n) is 3.53. The van der Waals surface area contributed by atoms with Gasteiger partial charge in [-0.25, -0.2) is 4.39 Å². The number of aryl methyl sites for hydroxylation is 3. The summed E-state index contributed by atoms with van der Waals surface area (Å²) in [5.74, 6) is 0.710. The van der Waals surface area contributed by atoms with Crippen molar-refractivity contribution >= 4 is 0 Å². The van der Waals surface area contributed by atoms with Gasteiger partial charge in [0.2, 0.25) is 0 Å². The lowest BCUT2D eigenvalue weighted by Crippen LogP contribution is -2.24. The largest absolute Gasteiger partial charge is 0.469 e. The van der Waals surface area contributed by atoms with Gasteiger partial charge in [0.15, 0.2) is 0 Å². The molecule has 1 N–H and O–H groups in total. The van der Waals surface area contributed by atoms with Crippen LogP contribution >= 0.6 is 0 Å². The van der Waals surface area contributed by atoms with Crippen LogP contribution in [0.4, 0.5) is 4.39 Å². The summed E-state index contributed by atoms with van der Waals surface area (Å²) in [6.45, 7) is 8.89. The van der Waals surface area contributed by atoms with E-state index in [2.05, 4.69) is 12.2 Å². The fourth-order valence-electron chi connectivity index (χ4n) is 2.67. The molecule has 1 aromatic carbocycles. The highest BCUT2D eigenvalue weighted by Gasteiger charge is 2.20. The first kappa shape index (κ1) is 14.8. The van der Waals surface area contributed by atoms with E-state index in [1.807, 2.05) is 26.8 Å². The number of hydrogen-bond acceptors (Lipinski definition) is 2. The average Bonchev–Trinajstić information content (AvgIpc) is 2.78. The van der Waals surface area contributed by atoms with Crippen molar-refractivity contribution in [1.82, 2.24) is 5.32 Å². The Labute approximate surface area is 120 Å². The van der Waals surface area contributed by atoms with E-state index in [1.165, 1.54) is 0 Å². The first-order chi connectivity index (χ1) is 9.52. The Kier molecular flexibility index (Phi) is 4.61. The molecule has 0 saturated carbocycles. The van der Waals surface area contributed by atoms with Crippen molar-refractivity contribution in [3.05, 3.63) is 58.3 Å². The highest BCUT2D eigenvalue weighted by atomic mass is 19.1. The molecule has 20 heavy (non-hydrogen) atoms. The van der Waals surface area contributed by atoms with Gasteiger partial charge in [0.1, 0.15) is 11.6 Å². The third kappa shape index (κ3) is 3.10. The fourth-order valence-corrected chi connectivity index (χ4v) is 2.67. The second-order valence-electron chi connectivity index (χ2n) is 5.33. The molecule has 0 bridgehead atoms. The first-order valence-electron chi connectivity index (χ1n) is 7.08. The highest BCUT2D eigenvalue weighted by molar-refractivity contribution is 5.42. The van der Waals surface area contributed by atoms with Gasteiger partial charge in [-0.05, 0) is 68.6 Å². The van der Waals surface area contributed by atoms with E-state index in [0.717, 1.165) is 41.0 Å². The molecule has 0 amide bonds. The van der Waals surface area contributed by atoms with Crippen LogP contribution in [0, 0.1) is 26.6 Å². The van der Waals surface area contributed by atoms with Gasteiger partial charge in [-0.1, -0.05) is 6.92 Å². The summed E-state index contributed by atoms with van der Waals surface area (Å²) in [6, 6.07) is 5.27. The van der Waals surface area contributed by atoms with E-state index in [0.29, 0.717) is 0 Å². The molecule has 0 radical (unpaired) electrons. The van der Waals surface area contributed by atoms with Crippen LogP contribution in [-0.2, 0) is 0 Å². The maximum Gasteiger partial charge on any atom is 0.123 e. The Morgan fingerprint density at radius 3 is 2.30 bits per heavy atom. The second-order valence-corrected chi connectivity index (χ2v) is 5.33. The van der Waals surface area contributed by atoms with Crippen LogP contribution in [0.25, 0.3) is 0 Å². The van der Waals surface area contributed by atoms with Crippen LogP contribution in [0.2, 0.25) is 0 Å². The Bertz CT molecular complexity index is 565.